The van der Waals surface area contributed by atoms with Crippen molar-refractivity contribution in [2.75, 3.05) is 40.8 Å². The molecule has 0 amide bonds. The van der Waals surface area contributed by atoms with E-state index in [-0.39, 0.29) is 0 Å². The van der Waals surface area contributed by atoms with Crippen LogP contribution in [-0.4, -0.2) is 61.6 Å². The van der Waals surface area contributed by atoms with Gasteiger partial charge in [0.1, 0.15) is 0 Å². The second-order valence-corrected chi connectivity index (χ2v) is 5.20. The van der Waals surface area contributed by atoms with Crippen LogP contribution in [0.5, 0.6) is 0 Å². The minimum Gasteiger partial charge on any atom is -0.367 e. The fraction of sp³-hybridized carbons (Fsp3) is 0.692. The van der Waals surface area contributed by atoms with Crippen LogP contribution in [0.1, 0.15) is 18.0 Å². The molecule has 4 nitrogen and oxygen atoms in total. The molecule has 0 radical (unpaired) electrons. The molecule has 0 aliphatic carbocycles. The maximum Gasteiger partial charge on any atom is 0.0372 e. The quantitative estimate of drug-likeness (QED) is 0.815. The lowest BCUT2D eigenvalue weighted by Crippen LogP contribution is -2.50. The van der Waals surface area contributed by atoms with Gasteiger partial charge >= 0.3 is 0 Å². The van der Waals surface area contributed by atoms with E-state index in [0.717, 1.165) is 19.6 Å². The number of nitrogens with one attached hydrogen (secondary N) is 2. The van der Waals surface area contributed by atoms with Crippen molar-refractivity contribution in [3.8, 4) is 0 Å². The third kappa shape index (κ3) is 3.09. The van der Waals surface area contributed by atoms with Gasteiger partial charge in [-0.3, -0.25) is 0 Å². The molecular formula is C13H24N4. The molecule has 2 heterocycles. The topological polar surface area (TPSA) is 34.3 Å². The normalized spacial score (nSPS) is 24.1. The van der Waals surface area contributed by atoms with Gasteiger partial charge in [-0.2, -0.15) is 0 Å². The third-order valence-corrected chi connectivity index (χ3v) is 3.77. The van der Waals surface area contributed by atoms with Crippen molar-refractivity contribution in [3.63, 3.8) is 0 Å². The Hall–Kier alpha value is -0.840. The van der Waals surface area contributed by atoms with E-state index < -0.39 is 0 Å². The van der Waals surface area contributed by atoms with E-state index in [2.05, 4.69) is 53.5 Å². The summed E-state index contributed by atoms with van der Waals surface area (Å²) < 4.78 is 0. The number of rotatable bonds is 4. The number of aromatic amines is 1. The van der Waals surface area contributed by atoms with E-state index >= 15 is 0 Å². The molecule has 2 atom stereocenters. The first kappa shape index (κ1) is 12.6. The molecule has 2 unspecified atom stereocenters. The van der Waals surface area contributed by atoms with Crippen LogP contribution in [0.3, 0.4) is 0 Å². The lowest BCUT2D eigenvalue weighted by molar-refractivity contribution is 0.150. The standard InChI is InChI=1S/C13H24N4/c1-16(2)13(11-4-5-14-9-11)8-12-10-15-6-7-17(12)3/h4-5,9,12-15H,6-8,10H2,1-3H3. The predicted octanol–water partition coefficient (Wildman–Crippen LogP) is 0.911. The highest BCUT2D eigenvalue weighted by atomic mass is 15.2. The highest BCUT2D eigenvalue weighted by Gasteiger charge is 2.24. The van der Waals surface area contributed by atoms with Crippen molar-refractivity contribution in [1.29, 1.82) is 0 Å². The van der Waals surface area contributed by atoms with E-state index in [1.165, 1.54) is 12.0 Å². The minimum atomic E-state index is 0.494. The van der Waals surface area contributed by atoms with Gasteiger partial charge in [-0.15, -0.1) is 0 Å². The summed E-state index contributed by atoms with van der Waals surface area (Å²) in [5, 5.41) is 3.49. The van der Waals surface area contributed by atoms with Crippen LogP contribution in [-0.2, 0) is 0 Å². The Labute approximate surface area is 104 Å². The summed E-state index contributed by atoms with van der Waals surface area (Å²) >= 11 is 0. The largest absolute Gasteiger partial charge is 0.367 e. The zero-order chi connectivity index (χ0) is 12.3. The number of hydrogen-bond donors (Lipinski definition) is 2. The average Bonchev–Trinajstić information content (AvgIpc) is 2.81. The Morgan fingerprint density at radius 3 is 2.94 bits per heavy atom. The van der Waals surface area contributed by atoms with Crippen LogP contribution in [0.4, 0.5) is 0 Å². The molecule has 96 valence electrons. The van der Waals surface area contributed by atoms with Crippen LogP contribution in [0.25, 0.3) is 0 Å². The van der Waals surface area contributed by atoms with E-state index in [1.54, 1.807) is 0 Å². The molecular weight excluding hydrogens is 212 g/mol. The van der Waals surface area contributed by atoms with Gasteiger partial charge in [0.05, 0.1) is 0 Å². The van der Waals surface area contributed by atoms with Gasteiger partial charge in [0.25, 0.3) is 0 Å². The molecule has 1 aromatic heterocycles. The van der Waals surface area contributed by atoms with Crippen LogP contribution in [0.2, 0.25) is 0 Å². The molecule has 0 spiro atoms. The zero-order valence-corrected chi connectivity index (χ0v) is 11.1. The summed E-state index contributed by atoms with van der Waals surface area (Å²) in [4.78, 5) is 7.94. The molecule has 1 aliphatic heterocycles. The zero-order valence-electron chi connectivity index (χ0n) is 11.1. The lowest BCUT2D eigenvalue weighted by Gasteiger charge is -2.37. The highest BCUT2D eigenvalue weighted by molar-refractivity contribution is 5.14. The van der Waals surface area contributed by atoms with Crippen molar-refractivity contribution in [2.45, 2.75) is 18.5 Å². The predicted molar refractivity (Wildman–Crippen MR) is 71.1 cm³/mol. The van der Waals surface area contributed by atoms with Crippen molar-refractivity contribution in [2.24, 2.45) is 0 Å². The molecule has 1 aliphatic rings. The summed E-state index contributed by atoms with van der Waals surface area (Å²) in [7, 11) is 6.55. The maximum atomic E-state index is 3.49. The highest BCUT2D eigenvalue weighted by Crippen LogP contribution is 2.25. The van der Waals surface area contributed by atoms with Crippen LogP contribution < -0.4 is 5.32 Å². The Morgan fingerprint density at radius 1 is 1.53 bits per heavy atom. The molecule has 17 heavy (non-hydrogen) atoms. The van der Waals surface area contributed by atoms with Crippen LogP contribution in [0.15, 0.2) is 18.5 Å². The number of likely N-dealkylation sites (N-methyl/N-ethyl adjacent to an activating group) is 1. The molecule has 1 fully saturated rings. The molecule has 0 aromatic carbocycles. The first-order valence-corrected chi connectivity index (χ1v) is 6.38. The van der Waals surface area contributed by atoms with E-state index in [1.807, 2.05) is 6.20 Å². The van der Waals surface area contributed by atoms with Gasteiger partial charge < -0.3 is 20.1 Å². The van der Waals surface area contributed by atoms with E-state index in [9.17, 15) is 0 Å². The second kappa shape index (κ2) is 5.67. The van der Waals surface area contributed by atoms with Crippen molar-refractivity contribution in [3.05, 3.63) is 24.0 Å². The van der Waals surface area contributed by atoms with Gasteiger partial charge in [-0.05, 0) is 39.2 Å². The molecule has 0 saturated carbocycles. The Balaban J connectivity index is 2.02. The van der Waals surface area contributed by atoms with Crippen LogP contribution in [0, 0.1) is 0 Å². The Bertz CT molecular complexity index is 320. The summed E-state index contributed by atoms with van der Waals surface area (Å²) in [6, 6.07) is 3.31. The number of piperazine rings is 1. The van der Waals surface area contributed by atoms with Gasteiger partial charge in [-0.1, -0.05) is 0 Å². The monoisotopic (exact) mass is 236 g/mol. The number of nitrogens with zero attached hydrogens (tertiary/aromatic N) is 2. The SMILES string of the molecule is CN(C)C(CC1CNCCN1C)c1cc[nH]c1. The van der Waals surface area contributed by atoms with Crippen molar-refractivity contribution >= 4 is 0 Å². The lowest BCUT2D eigenvalue weighted by atomic mass is 9.99. The summed E-state index contributed by atoms with van der Waals surface area (Å²) in [6.07, 6.45) is 5.30. The number of hydrogen-bond acceptors (Lipinski definition) is 3. The van der Waals surface area contributed by atoms with Crippen molar-refractivity contribution < 1.29 is 0 Å². The summed E-state index contributed by atoms with van der Waals surface area (Å²) in [6.45, 7) is 3.37. The van der Waals surface area contributed by atoms with Gasteiger partial charge in [0, 0.05) is 44.1 Å². The third-order valence-electron chi connectivity index (χ3n) is 3.77. The molecule has 0 bridgehead atoms. The molecule has 2 rings (SSSR count). The number of H-pyrrole nitrogens is 1. The molecule has 4 heteroatoms. The van der Waals surface area contributed by atoms with Gasteiger partial charge in [0.15, 0.2) is 0 Å². The fourth-order valence-corrected chi connectivity index (χ4v) is 2.57. The van der Waals surface area contributed by atoms with E-state index in [4.69, 9.17) is 0 Å². The summed E-state index contributed by atoms with van der Waals surface area (Å²) in [5.41, 5.74) is 1.38. The minimum absolute atomic E-state index is 0.494. The average molecular weight is 236 g/mol. The summed E-state index contributed by atoms with van der Waals surface area (Å²) in [5.74, 6) is 0. The molecule has 1 saturated heterocycles. The fourth-order valence-electron chi connectivity index (χ4n) is 2.57. The molecule has 1 aromatic rings. The maximum absolute atomic E-state index is 3.49. The first-order valence-electron chi connectivity index (χ1n) is 6.38. The van der Waals surface area contributed by atoms with Crippen molar-refractivity contribution in [1.82, 2.24) is 20.1 Å². The number of aromatic nitrogens is 1. The molecule has 2 N–H and O–H groups in total. The first-order chi connectivity index (χ1) is 8.18. The van der Waals surface area contributed by atoms with Crippen LogP contribution >= 0.6 is 0 Å². The second-order valence-electron chi connectivity index (χ2n) is 5.20. The Morgan fingerprint density at radius 2 is 2.35 bits per heavy atom. The van der Waals surface area contributed by atoms with Gasteiger partial charge in [0.2, 0.25) is 0 Å². The Kier molecular flexibility index (Phi) is 4.20. The van der Waals surface area contributed by atoms with Gasteiger partial charge in [-0.25, -0.2) is 0 Å². The van der Waals surface area contributed by atoms with E-state index in [0.29, 0.717) is 12.1 Å². The smallest absolute Gasteiger partial charge is 0.0372 e.